The number of alkyl carbamates (subject to hydrolysis) is 1. The van der Waals surface area contributed by atoms with E-state index in [9.17, 15) is 9.59 Å². The molecule has 0 bridgehead atoms. The number of nitrogens with one attached hydrogen (secondary N) is 1. The average molecular weight is 324 g/mol. The van der Waals surface area contributed by atoms with Crippen LogP contribution >= 0.6 is 0 Å². The molecule has 7 nitrogen and oxygen atoms in total. The van der Waals surface area contributed by atoms with Crippen molar-refractivity contribution in [1.29, 1.82) is 0 Å². The average Bonchev–Trinajstić information content (AvgIpc) is 2.45. The molecule has 1 amide bonds. The van der Waals surface area contributed by atoms with Gasteiger partial charge in [0.25, 0.3) is 0 Å². The minimum atomic E-state index is -0.522. The Morgan fingerprint density at radius 2 is 2.00 bits per heavy atom. The number of carbonyl (C=O) groups is 2. The van der Waals surface area contributed by atoms with Crippen molar-refractivity contribution in [3.8, 4) is 11.5 Å². The number of nitrogens with two attached hydrogens (primary N) is 1. The molecule has 0 saturated carbocycles. The van der Waals surface area contributed by atoms with Crippen LogP contribution in [-0.4, -0.2) is 38.2 Å². The van der Waals surface area contributed by atoms with Gasteiger partial charge >= 0.3 is 6.09 Å². The van der Waals surface area contributed by atoms with E-state index < -0.39 is 11.7 Å². The largest absolute Gasteiger partial charge is 0.493 e. The van der Waals surface area contributed by atoms with E-state index in [2.05, 4.69) is 5.32 Å². The van der Waals surface area contributed by atoms with Gasteiger partial charge in [-0.15, -0.1) is 0 Å². The molecule has 0 aliphatic rings. The molecule has 0 unspecified atom stereocenters. The van der Waals surface area contributed by atoms with Gasteiger partial charge in [-0.3, -0.25) is 4.79 Å². The summed E-state index contributed by atoms with van der Waals surface area (Å²) in [7, 11) is 1.48. The number of amides is 1. The summed E-state index contributed by atoms with van der Waals surface area (Å²) >= 11 is 0. The fourth-order valence-corrected chi connectivity index (χ4v) is 1.72. The van der Waals surface area contributed by atoms with Gasteiger partial charge in [-0.1, -0.05) is 0 Å². The first kappa shape index (κ1) is 18.6. The zero-order valence-electron chi connectivity index (χ0n) is 14.0. The number of benzene rings is 1. The molecule has 1 aromatic carbocycles. The van der Waals surface area contributed by atoms with Crippen LogP contribution in [0, 0.1) is 0 Å². The SMILES string of the molecule is COc1cc(C=O)c(N)cc1OCCCNC(=O)OC(C)(C)C. The zero-order valence-corrected chi connectivity index (χ0v) is 14.0. The highest BCUT2D eigenvalue weighted by atomic mass is 16.6. The smallest absolute Gasteiger partial charge is 0.407 e. The van der Waals surface area contributed by atoms with Gasteiger partial charge in [-0.2, -0.15) is 0 Å². The van der Waals surface area contributed by atoms with E-state index in [0.717, 1.165) is 0 Å². The topological polar surface area (TPSA) is 99.9 Å². The third-order valence-electron chi connectivity index (χ3n) is 2.74. The van der Waals surface area contributed by atoms with Gasteiger partial charge in [-0.05, 0) is 33.3 Å². The Labute approximate surface area is 136 Å². The second kappa shape index (κ2) is 8.26. The molecule has 0 radical (unpaired) electrons. The number of hydrogen-bond acceptors (Lipinski definition) is 6. The number of anilines is 1. The quantitative estimate of drug-likeness (QED) is 0.454. The zero-order chi connectivity index (χ0) is 17.5. The van der Waals surface area contributed by atoms with Crippen molar-refractivity contribution in [3.05, 3.63) is 17.7 Å². The maximum absolute atomic E-state index is 11.5. The van der Waals surface area contributed by atoms with Gasteiger partial charge in [0.05, 0.1) is 13.7 Å². The molecule has 0 aliphatic heterocycles. The van der Waals surface area contributed by atoms with Crippen LogP contribution in [0.5, 0.6) is 11.5 Å². The molecule has 0 heterocycles. The highest BCUT2D eigenvalue weighted by Gasteiger charge is 2.15. The lowest BCUT2D eigenvalue weighted by molar-refractivity contribution is 0.0525. The van der Waals surface area contributed by atoms with Gasteiger partial charge in [0.2, 0.25) is 0 Å². The van der Waals surface area contributed by atoms with E-state index in [4.69, 9.17) is 19.9 Å². The van der Waals surface area contributed by atoms with Crippen molar-refractivity contribution >= 4 is 18.1 Å². The maximum atomic E-state index is 11.5. The Morgan fingerprint density at radius 1 is 1.30 bits per heavy atom. The maximum Gasteiger partial charge on any atom is 0.407 e. The molecule has 0 aromatic heterocycles. The summed E-state index contributed by atoms with van der Waals surface area (Å²) in [5, 5.41) is 2.64. The van der Waals surface area contributed by atoms with Crippen molar-refractivity contribution in [2.24, 2.45) is 0 Å². The van der Waals surface area contributed by atoms with E-state index in [-0.39, 0.29) is 0 Å². The Kier molecular flexibility index (Phi) is 6.68. The first-order valence-corrected chi connectivity index (χ1v) is 7.29. The number of nitrogen functional groups attached to an aromatic ring is 1. The van der Waals surface area contributed by atoms with Gasteiger partial charge in [0.1, 0.15) is 5.60 Å². The molecule has 0 aliphatic carbocycles. The van der Waals surface area contributed by atoms with Crippen molar-refractivity contribution in [3.63, 3.8) is 0 Å². The summed E-state index contributed by atoms with van der Waals surface area (Å²) in [5.74, 6) is 0.884. The predicted molar refractivity (Wildman–Crippen MR) is 87.1 cm³/mol. The molecule has 128 valence electrons. The minimum Gasteiger partial charge on any atom is -0.493 e. The van der Waals surface area contributed by atoms with Gasteiger partial charge in [-0.25, -0.2) is 4.79 Å². The summed E-state index contributed by atoms with van der Waals surface area (Å²) in [5.41, 5.74) is 5.89. The summed E-state index contributed by atoms with van der Waals surface area (Å²) < 4.78 is 15.9. The summed E-state index contributed by atoms with van der Waals surface area (Å²) in [4.78, 5) is 22.3. The Bertz CT molecular complexity index is 552. The molecule has 1 rings (SSSR count). The van der Waals surface area contributed by atoms with E-state index in [1.54, 1.807) is 26.8 Å². The molecular formula is C16H24N2O5. The molecule has 3 N–H and O–H groups in total. The molecule has 0 saturated heterocycles. The summed E-state index contributed by atoms with van der Waals surface area (Å²) in [6.45, 7) is 6.17. The van der Waals surface area contributed by atoms with Crippen LogP contribution < -0.4 is 20.5 Å². The van der Waals surface area contributed by atoms with Crippen molar-refractivity contribution in [2.75, 3.05) is 26.0 Å². The fourth-order valence-electron chi connectivity index (χ4n) is 1.72. The van der Waals surface area contributed by atoms with Crippen molar-refractivity contribution < 1.29 is 23.8 Å². The van der Waals surface area contributed by atoms with Crippen LogP contribution in [0.25, 0.3) is 0 Å². The number of aldehydes is 1. The monoisotopic (exact) mass is 324 g/mol. The molecule has 0 atom stereocenters. The van der Waals surface area contributed by atoms with Crippen LogP contribution in [0.2, 0.25) is 0 Å². The number of hydrogen-bond donors (Lipinski definition) is 2. The van der Waals surface area contributed by atoms with Crippen LogP contribution in [0.3, 0.4) is 0 Å². The van der Waals surface area contributed by atoms with E-state index in [1.165, 1.54) is 13.2 Å². The van der Waals surface area contributed by atoms with Gasteiger partial charge < -0.3 is 25.3 Å². The minimum absolute atomic E-state index is 0.322. The standard InChI is InChI=1S/C16H24N2O5/c1-16(2,3)23-15(20)18-6-5-7-22-14-9-12(17)11(10-19)8-13(14)21-4/h8-10H,5-7,17H2,1-4H3,(H,18,20). The fraction of sp³-hybridized carbons (Fsp3) is 0.500. The van der Waals surface area contributed by atoms with E-state index in [1.807, 2.05) is 0 Å². The van der Waals surface area contributed by atoms with E-state index in [0.29, 0.717) is 48.6 Å². The van der Waals surface area contributed by atoms with Crippen molar-refractivity contribution in [2.45, 2.75) is 32.8 Å². The lowest BCUT2D eigenvalue weighted by atomic mass is 10.2. The predicted octanol–water partition coefficient (Wildman–Crippen LogP) is 2.38. The van der Waals surface area contributed by atoms with Crippen LogP contribution in [-0.2, 0) is 4.74 Å². The van der Waals surface area contributed by atoms with Crippen LogP contribution in [0.4, 0.5) is 10.5 Å². The third-order valence-corrected chi connectivity index (χ3v) is 2.74. The Morgan fingerprint density at radius 3 is 2.57 bits per heavy atom. The molecule has 1 aromatic rings. The highest BCUT2D eigenvalue weighted by Crippen LogP contribution is 2.31. The number of rotatable bonds is 7. The van der Waals surface area contributed by atoms with E-state index >= 15 is 0 Å². The summed E-state index contributed by atoms with van der Waals surface area (Å²) in [6.07, 6.45) is 0.777. The molecule has 0 spiro atoms. The molecule has 0 fully saturated rings. The highest BCUT2D eigenvalue weighted by molar-refractivity contribution is 5.85. The van der Waals surface area contributed by atoms with Gasteiger partial charge in [0, 0.05) is 23.9 Å². The Hall–Kier alpha value is -2.44. The second-order valence-electron chi connectivity index (χ2n) is 5.88. The van der Waals surface area contributed by atoms with Gasteiger partial charge in [0.15, 0.2) is 17.8 Å². The lowest BCUT2D eigenvalue weighted by Crippen LogP contribution is -2.33. The first-order chi connectivity index (χ1) is 10.8. The lowest BCUT2D eigenvalue weighted by Gasteiger charge is -2.19. The molecule has 23 heavy (non-hydrogen) atoms. The molecule has 7 heteroatoms. The second-order valence-corrected chi connectivity index (χ2v) is 5.88. The first-order valence-electron chi connectivity index (χ1n) is 7.29. The Balaban J connectivity index is 2.43. The van der Waals surface area contributed by atoms with Crippen LogP contribution in [0.1, 0.15) is 37.6 Å². The van der Waals surface area contributed by atoms with Crippen LogP contribution in [0.15, 0.2) is 12.1 Å². The molecular weight excluding hydrogens is 300 g/mol. The third kappa shape index (κ3) is 6.46. The summed E-state index contributed by atoms with van der Waals surface area (Å²) in [6, 6.07) is 3.07. The number of carbonyl (C=O) groups excluding carboxylic acids is 2. The normalized spacial score (nSPS) is 10.8. The number of methoxy groups -OCH3 is 1. The number of ether oxygens (including phenoxy) is 3. The van der Waals surface area contributed by atoms with Crippen molar-refractivity contribution in [1.82, 2.24) is 5.32 Å².